The maximum absolute atomic E-state index is 14.1. The third kappa shape index (κ3) is 2.38. The van der Waals surface area contributed by atoms with E-state index in [0.29, 0.717) is 18.0 Å². The van der Waals surface area contributed by atoms with E-state index < -0.39 is 0 Å². The van der Waals surface area contributed by atoms with Crippen LogP contribution in [0.2, 0.25) is 0 Å². The molecular formula is C12H16ClFN2O. The number of ether oxygens (including phenoxy) is 1. The molecule has 2 heterocycles. The van der Waals surface area contributed by atoms with Crippen LogP contribution in [0.15, 0.2) is 12.3 Å². The van der Waals surface area contributed by atoms with Crippen LogP contribution in [0.1, 0.15) is 18.9 Å². The molecule has 2 unspecified atom stereocenters. The summed E-state index contributed by atoms with van der Waals surface area (Å²) in [6.45, 7) is 2.71. The Kier molecular flexibility index (Phi) is 3.84. The van der Waals surface area contributed by atoms with Gasteiger partial charge in [0.2, 0.25) is 0 Å². The number of hydrogen-bond acceptors (Lipinski definition) is 3. The number of anilines is 1. The molecule has 3 nitrogen and oxygen atoms in total. The molecule has 0 amide bonds. The zero-order chi connectivity index (χ0) is 12.4. The first kappa shape index (κ1) is 12.6. The van der Waals surface area contributed by atoms with Crippen LogP contribution in [0, 0.1) is 5.82 Å². The van der Waals surface area contributed by atoms with E-state index in [0.717, 1.165) is 6.42 Å². The second-order valence-corrected chi connectivity index (χ2v) is 4.55. The highest BCUT2D eigenvalue weighted by atomic mass is 35.5. The molecule has 94 valence electrons. The van der Waals surface area contributed by atoms with Gasteiger partial charge in [-0.3, -0.25) is 0 Å². The van der Waals surface area contributed by atoms with E-state index in [-0.39, 0.29) is 23.8 Å². The fraction of sp³-hybridized carbons (Fsp3) is 0.583. The maximum atomic E-state index is 14.1. The molecule has 0 radical (unpaired) electrons. The molecule has 2 atom stereocenters. The Labute approximate surface area is 106 Å². The molecule has 1 aromatic heterocycles. The summed E-state index contributed by atoms with van der Waals surface area (Å²) in [5.41, 5.74) is 0.482. The van der Waals surface area contributed by atoms with E-state index in [2.05, 4.69) is 4.98 Å². The van der Waals surface area contributed by atoms with E-state index in [4.69, 9.17) is 16.3 Å². The summed E-state index contributed by atoms with van der Waals surface area (Å²) >= 11 is 5.69. The van der Waals surface area contributed by atoms with Gasteiger partial charge in [-0.2, -0.15) is 0 Å². The van der Waals surface area contributed by atoms with Crippen molar-refractivity contribution in [3.05, 3.63) is 23.6 Å². The third-order valence-electron chi connectivity index (χ3n) is 3.26. The van der Waals surface area contributed by atoms with Gasteiger partial charge in [0, 0.05) is 25.4 Å². The van der Waals surface area contributed by atoms with Crippen molar-refractivity contribution in [3.8, 4) is 0 Å². The average molecular weight is 259 g/mol. The summed E-state index contributed by atoms with van der Waals surface area (Å²) in [6.07, 6.45) is 2.58. The minimum Gasteiger partial charge on any atom is -0.376 e. The van der Waals surface area contributed by atoms with Crippen LogP contribution < -0.4 is 4.90 Å². The molecule has 1 aliphatic heterocycles. The molecule has 1 fully saturated rings. The molecule has 1 aliphatic rings. The molecule has 0 aliphatic carbocycles. The highest BCUT2D eigenvalue weighted by molar-refractivity contribution is 6.17. The topological polar surface area (TPSA) is 25.4 Å². The van der Waals surface area contributed by atoms with Crippen molar-refractivity contribution in [2.24, 2.45) is 0 Å². The van der Waals surface area contributed by atoms with Gasteiger partial charge in [-0.05, 0) is 19.4 Å². The molecule has 0 saturated carbocycles. The lowest BCUT2D eigenvalue weighted by Gasteiger charge is -2.28. The Morgan fingerprint density at radius 2 is 2.41 bits per heavy atom. The van der Waals surface area contributed by atoms with Gasteiger partial charge in [0.15, 0.2) is 11.6 Å². The van der Waals surface area contributed by atoms with Gasteiger partial charge in [0.25, 0.3) is 0 Å². The summed E-state index contributed by atoms with van der Waals surface area (Å²) in [6, 6.07) is 1.77. The number of halogens is 2. The van der Waals surface area contributed by atoms with E-state index in [9.17, 15) is 4.39 Å². The van der Waals surface area contributed by atoms with Gasteiger partial charge < -0.3 is 9.64 Å². The van der Waals surface area contributed by atoms with Crippen LogP contribution >= 0.6 is 11.6 Å². The molecule has 2 rings (SSSR count). The molecule has 1 saturated heterocycles. The number of alkyl halides is 1. The Bertz CT molecular complexity index is 402. The number of hydrogen-bond donors (Lipinski definition) is 0. The minimum atomic E-state index is -0.330. The Morgan fingerprint density at radius 3 is 3.00 bits per heavy atom. The fourth-order valence-electron chi connectivity index (χ4n) is 2.21. The number of aromatic nitrogens is 1. The molecule has 0 N–H and O–H groups in total. The van der Waals surface area contributed by atoms with Crippen molar-refractivity contribution in [3.63, 3.8) is 0 Å². The zero-order valence-electron chi connectivity index (χ0n) is 9.99. The highest BCUT2D eigenvalue weighted by Crippen LogP contribution is 2.26. The van der Waals surface area contributed by atoms with Crippen LogP contribution in [0.5, 0.6) is 0 Å². The highest BCUT2D eigenvalue weighted by Gasteiger charge is 2.30. The monoisotopic (exact) mass is 258 g/mol. The van der Waals surface area contributed by atoms with Crippen molar-refractivity contribution < 1.29 is 9.13 Å². The third-order valence-corrected chi connectivity index (χ3v) is 3.55. The second-order valence-electron chi connectivity index (χ2n) is 4.28. The van der Waals surface area contributed by atoms with Crippen molar-refractivity contribution >= 4 is 17.4 Å². The summed E-state index contributed by atoms with van der Waals surface area (Å²) in [5, 5.41) is 0. The Morgan fingerprint density at radius 1 is 1.65 bits per heavy atom. The predicted octanol–water partition coefficient (Wildman–Crippen LogP) is 2.57. The quantitative estimate of drug-likeness (QED) is 0.780. The normalized spacial score (nSPS) is 24.0. The standard InChI is InChI=1S/C12H16ClFN2O/c1-8-10(4-6-17-8)16(2)12-11(14)9(7-13)3-5-15-12/h3,5,8,10H,4,6-7H2,1-2H3. The summed E-state index contributed by atoms with van der Waals surface area (Å²) in [5.74, 6) is 0.181. The summed E-state index contributed by atoms with van der Waals surface area (Å²) in [7, 11) is 1.85. The molecule has 17 heavy (non-hydrogen) atoms. The van der Waals surface area contributed by atoms with Crippen LogP contribution in [0.3, 0.4) is 0 Å². The van der Waals surface area contributed by atoms with E-state index in [1.807, 2.05) is 18.9 Å². The van der Waals surface area contributed by atoms with Crippen molar-refractivity contribution in [1.29, 1.82) is 0 Å². The number of rotatable bonds is 3. The van der Waals surface area contributed by atoms with Crippen molar-refractivity contribution in [2.75, 3.05) is 18.6 Å². The van der Waals surface area contributed by atoms with Gasteiger partial charge in [-0.25, -0.2) is 9.37 Å². The van der Waals surface area contributed by atoms with Gasteiger partial charge >= 0.3 is 0 Å². The van der Waals surface area contributed by atoms with Crippen LogP contribution in [0.4, 0.5) is 10.2 Å². The first-order valence-electron chi connectivity index (χ1n) is 5.69. The van der Waals surface area contributed by atoms with Crippen LogP contribution in [-0.2, 0) is 10.6 Å². The lowest BCUT2D eigenvalue weighted by Crippen LogP contribution is -2.37. The van der Waals surface area contributed by atoms with Gasteiger partial charge in [-0.1, -0.05) is 0 Å². The SMILES string of the molecule is CC1OCCC1N(C)c1nccc(CCl)c1F. The minimum absolute atomic E-state index is 0.0980. The lowest BCUT2D eigenvalue weighted by atomic mass is 10.1. The molecule has 5 heteroatoms. The van der Waals surface area contributed by atoms with Crippen LogP contribution in [0.25, 0.3) is 0 Å². The second kappa shape index (κ2) is 5.19. The van der Waals surface area contributed by atoms with Gasteiger partial charge in [0.05, 0.1) is 18.0 Å². The largest absolute Gasteiger partial charge is 0.376 e. The Hall–Kier alpha value is -0.870. The smallest absolute Gasteiger partial charge is 0.170 e. The molecular weight excluding hydrogens is 243 g/mol. The average Bonchev–Trinajstić information content (AvgIpc) is 2.75. The summed E-state index contributed by atoms with van der Waals surface area (Å²) < 4.78 is 19.6. The van der Waals surface area contributed by atoms with Crippen molar-refractivity contribution in [1.82, 2.24) is 4.98 Å². The van der Waals surface area contributed by atoms with E-state index in [1.54, 1.807) is 12.3 Å². The van der Waals surface area contributed by atoms with E-state index >= 15 is 0 Å². The summed E-state index contributed by atoms with van der Waals surface area (Å²) in [4.78, 5) is 5.95. The lowest BCUT2D eigenvalue weighted by molar-refractivity contribution is 0.118. The molecule has 0 aromatic carbocycles. The number of likely N-dealkylation sites (N-methyl/N-ethyl adjacent to an activating group) is 1. The zero-order valence-corrected chi connectivity index (χ0v) is 10.7. The Balaban J connectivity index is 2.27. The fourth-order valence-corrected chi connectivity index (χ4v) is 2.41. The maximum Gasteiger partial charge on any atom is 0.170 e. The van der Waals surface area contributed by atoms with Gasteiger partial charge in [-0.15, -0.1) is 11.6 Å². The molecule has 1 aromatic rings. The molecule has 0 bridgehead atoms. The first-order chi connectivity index (χ1) is 8.15. The predicted molar refractivity (Wildman–Crippen MR) is 66.0 cm³/mol. The van der Waals surface area contributed by atoms with Gasteiger partial charge in [0.1, 0.15) is 0 Å². The number of nitrogens with zero attached hydrogens (tertiary/aromatic N) is 2. The van der Waals surface area contributed by atoms with Crippen LogP contribution in [-0.4, -0.2) is 30.8 Å². The molecule has 0 spiro atoms. The van der Waals surface area contributed by atoms with Crippen molar-refractivity contribution in [2.45, 2.75) is 31.4 Å². The number of pyridine rings is 1. The first-order valence-corrected chi connectivity index (χ1v) is 6.22. The van der Waals surface area contributed by atoms with E-state index in [1.165, 1.54) is 0 Å².